The molecule has 0 atom stereocenters. The highest BCUT2D eigenvalue weighted by molar-refractivity contribution is 6.00. The third kappa shape index (κ3) is 5.77. The SMILES string of the molecule is COc1ncc(C2C(C(=O)OCC(C)C)=C(C)NC(C)=C2C(=O)OCC(C)C)c(OC)n1. The summed E-state index contributed by atoms with van der Waals surface area (Å²) >= 11 is 0. The molecule has 0 radical (unpaired) electrons. The normalized spacial score (nSPS) is 14.6. The molecule has 1 aromatic heterocycles. The van der Waals surface area contributed by atoms with Crippen LogP contribution in [0.15, 0.2) is 28.7 Å². The summed E-state index contributed by atoms with van der Waals surface area (Å²) in [6.07, 6.45) is 1.49. The molecule has 0 spiro atoms. The van der Waals surface area contributed by atoms with Crippen molar-refractivity contribution in [3.05, 3.63) is 34.3 Å². The number of aromatic nitrogens is 2. The molecule has 0 bridgehead atoms. The summed E-state index contributed by atoms with van der Waals surface area (Å²) in [5.74, 6) is -1.41. The van der Waals surface area contributed by atoms with E-state index in [0.29, 0.717) is 17.0 Å². The summed E-state index contributed by atoms with van der Waals surface area (Å²) in [6, 6.07) is 0.105. The van der Waals surface area contributed by atoms with E-state index in [9.17, 15) is 9.59 Å². The van der Waals surface area contributed by atoms with E-state index in [1.807, 2.05) is 27.7 Å². The van der Waals surface area contributed by atoms with E-state index in [-0.39, 0.29) is 48.1 Å². The van der Waals surface area contributed by atoms with Crippen LogP contribution in [0.4, 0.5) is 0 Å². The molecule has 0 unspecified atom stereocenters. The van der Waals surface area contributed by atoms with Crippen LogP contribution in [0.5, 0.6) is 11.9 Å². The molecule has 2 heterocycles. The molecule has 0 amide bonds. The van der Waals surface area contributed by atoms with Crippen LogP contribution in [0.2, 0.25) is 0 Å². The van der Waals surface area contributed by atoms with Crippen LogP contribution >= 0.6 is 0 Å². The Hall–Kier alpha value is -3.10. The molecular formula is C23H33N3O6. The monoisotopic (exact) mass is 447 g/mol. The van der Waals surface area contributed by atoms with Gasteiger partial charge in [-0.15, -0.1) is 0 Å². The van der Waals surface area contributed by atoms with Gasteiger partial charge in [-0.2, -0.15) is 4.98 Å². The molecule has 1 aliphatic rings. The zero-order valence-corrected chi connectivity index (χ0v) is 20.1. The van der Waals surface area contributed by atoms with E-state index in [1.165, 1.54) is 20.4 Å². The first kappa shape index (κ1) is 25.2. The summed E-state index contributed by atoms with van der Waals surface area (Å²) in [7, 11) is 2.89. The van der Waals surface area contributed by atoms with Crippen molar-refractivity contribution in [3.63, 3.8) is 0 Å². The van der Waals surface area contributed by atoms with E-state index >= 15 is 0 Å². The molecule has 1 N–H and O–H groups in total. The van der Waals surface area contributed by atoms with E-state index in [1.54, 1.807) is 13.8 Å². The number of hydrogen-bond donors (Lipinski definition) is 1. The summed E-state index contributed by atoms with van der Waals surface area (Å²) < 4.78 is 21.6. The van der Waals surface area contributed by atoms with Crippen LogP contribution < -0.4 is 14.8 Å². The maximum Gasteiger partial charge on any atom is 0.336 e. The van der Waals surface area contributed by atoms with Gasteiger partial charge in [-0.25, -0.2) is 14.6 Å². The van der Waals surface area contributed by atoms with Crippen molar-refractivity contribution in [2.24, 2.45) is 11.8 Å². The van der Waals surface area contributed by atoms with Crippen molar-refractivity contribution in [2.75, 3.05) is 27.4 Å². The van der Waals surface area contributed by atoms with Gasteiger partial charge < -0.3 is 24.3 Å². The van der Waals surface area contributed by atoms with Gasteiger partial charge in [0, 0.05) is 23.2 Å². The van der Waals surface area contributed by atoms with Gasteiger partial charge in [-0.05, 0) is 25.7 Å². The molecule has 1 aliphatic heterocycles. The Labute approximate surface area is 189 Å². The second kappa shape index (κ2) is 11.0. The molecule has 9 heteroatoms. The number of hydrogen-bond acceptors (Lipinski definition) is 9. The predicted octanol–water partition coefficient (Wildman–Crippen LogP) is 3.13. The Kier molecular flexibility index (Phi) is 8.63. The van der Waals surface area contributed by atoms with Gasteiger partial charge >= 0.3 is 17.9 Å². The molecular weight excluding hydrogens is 414 g/mol. The zero-order chi connectivity index (χ0) is 24.0. The Morgan fingerprint density at radius 2 is 1.44 bits per heavy atom. The average molecular weight is 448 g/mol. The maximum absolute atomic E-state index is 13.2. The minimum absolute atomic E-state index is 0.105. The zero-order valence-electron chi connectivity index (χ0n) is 20.1. The lowest BCUT2D eigenvalue weighted by atomic mass is 9.81. The molecule has 0 saturated heterocycles. The third-order valence-corrected chi connectivity index (χ3v) is 4.74. The van der Waals surface area contributed by atoms with Crippen LogP contribution in [0, 0.1) is 11.8 Å². The number of rotatable bonds is 9. The average Bonchev–Trinajstić information content (AvgIpc) is 2.74. The number of allylic oxidation sites excluding steroid dienone is 2. The molecule has 32 heavy (non-hydrogen) atoms. The van der Waals surface area contributed by atoms with Crippen molar-refractivity contribution in [3.8, 4) is 11.9 Å². The number of nitrogens with zero attached hydrogens (tertiary/aromatic N) is 2. The van der Waals surface area contributed by atoms with Crippen molar-refractivity contribution in [1.29, 1.82) is 0 Å². The Bertz CT molecular complexity index is 874. The van der Waals surface area contributed by atoms with Gasteiger partial charge in [0.15, 0.2) is 0 Å². The fraction of sp³-hybridized carbons (Fsp3) is 0.565. The summed E-state index contributed by atoms with van der Waals surface area (Å²) in [4.78, 5) is 34.7. The van der Waals surface area contributed by atoms with E-state index in [0.717, 1.165) is 0 Å². The topological polar surface area (TPSA) is 109 Å². The van der Waals surface area contributed by atoms with Crippen molar-refractivity contribution in [1.82, 2.24) is 15.3 Å². The van der Waals surface area contributed by atoms with E-state index < -0.39 is 17.9 Å². The number of carbonyl (C=O) groups excluding carboxylic acids is 2. The van der Waals surface area contributed by atoms with Gasteiger partial charge in [-0.3, -0.25) is 0 Å². The lowest BCUT2D eigenvalue weighted by Gasteiger charge is -2.31. The Morgan fingerprint density at radius 3 is 1.84 bits per heavy atom. The highest BCUT2D eigenvalue weighted by Crippen LogP contribution is 2.42. The second-order valence-corrected chi connectivity index (χ2v) is 8.44. The van der Waals surface area contributed by atoms with Gasteiger partial charge in [0.2, 0.25) is 5.88 Å². The van der Waals surface area contributed by atoms with E-state index in [2.05, 4.69) is 15.3 Å². The fourth-order valence-corrected chi connectivity index (χ4v) is 3.31. The molecule has 0 aromatic carbocycles. The Balaban J connectivity index is 2.64. The first-order valence-corrected chi connectivity index (χ1v) is 10.6. The molecule has 9 nitrogen and oxygen atoms in total. The number of methoxy groups -OCH3 is 2. The van der Waals surface area contributed by atoms with Gasteiger partial charge in [-0.1, -0.05) is 27.7 Å². The van der Waals surface area contributed by atoms with Crippen LogP contribution in [0.3, 0.4) is 0 Å². The first-order chi connectivity index (χ1) is 15.1. The molecule has 176 valence electrons. The summed E-state index contributed by atoms with van der Waals surface area (Å²) in [6.45, 7) is 11.8. The van der Waals surface area contributed by atoms with E-state index in [4.69, 9.17) is 18.9 Å². The number of nitrogens with one attached hydrogen (secondary N) is 1. The lowest BCUT2D eigenvalue weighted by molar-refractivity contribution is -0.141. The predicted molar refractivity (Wildman–Crippen MR) is 118 cm³/mol. The molecule has 0 saturated carbocycles. The molecule has 0 aliphatic carbocycles. The number of ether oxygens (including phenoxy) is 4. The van der Waals surface area contributed by atoms with Gasteiger partial charge in [0.1, 0.15) is 0 Å². The van der Waals surface area contributed by atoms with Crippen LogP contribution in [0.25, 0.3) is 0 Å². The maximum atomic E-state index is 13.2. The van der Waals surface area contributed by atoms with Crippen molar-refractivity contribution < 1.29 is 28.5 Å². The quantitative estimate of drug-likeness (QED) is 0.571. The van der Waals surface area contributed by atoms with Crippen LogP contribution in [0.1, 0.15) is 53.0 Å². The minimum atomic E-state index is -0.837. The first-order valence-electron chi connectivity index (χ1n) is 10.6. The van der Waals surface area contributed by atoms with Gasteiger partial charge in [0.25, 0.3) is 0 Å². The van der Waals surface area contributed by atoms with Crippen molar-refractivity contribution in [2.45, 2.75) is 47.5 Å². The standard InChI is InChI=1S/C23H33N3O6/c1-12(2)10-31-21(27)17-14(5)25-15(6)18(22(28)32-11-13(3)4)19(17)16-9-24-23(30-8)26-20(16)29-7/h9,12-13,19,25H,10-11H2,1-8H3. The molecule has 0 fully saturated rings. The third-order valence-electron chi connectivity index (χ3n) is 4.74. The highest BCUT2D eigenvalue weighted by Gasteiger charge is 2.40. The smallest absolute Gasteiger partial charge is 0.336 e. The largest absolute Gasteiger partial charge is 0.481 e. The summed E-state index contributed by atoms with van der Waals surface area (Å²) in [5, 5.41) is 3.13. The van der Waals surface area contributed by atoms with Crippen LogP contribution in [-0.4, -0.2) is 49.3 Å². The number of carbonyl (C=O) groups is 2. The van der Waals surface area contributed by atoms with Crippen LogP contribution in [-0.2, 0) is 19.1 Å². The highest BCUT2D eigenvalue weighted by atomic mass is 16.5. The number of esters is 2. The Morgan fingerprint density at radius 1 is 0.938 bits per heavy atom. The lowest BCUT2D eigenvalue weighted by Crippen LogP contribution is -2.33. The molecule has 2 rings (SSSR count). The minimum Gasteiger partial charge on any atom is -0.481 e. The van der Waals surface area contributed by atoms with Gasteiger partial charge in [0.05, 0.1) is 44.5 Å². The van der Waals surface area contributed by atoms with Crippen molar-refractivity contribution >= 4 is 11.9 Å². The second-order valence-electron chi connectivity index (χ2n) is 8.44. The summed E-state index contributed by atoms with van der Waals surface area (Å²) in [5.41, 5.74) is 2.13. The number of dihydropyridines is 1. The molecule has 1 aromatic rings. The fourth-order valence-electron chi connectivity index (χ4n) is 3.31.